The summed E-state index contributed by atoms with van der Waals surface area (Å²) in [5.74, 6) is 2.49. The molecule has 0 amide bonds. The van der Waals surface area contributed by atoms with E-state index in [0.717, 1.165) is 0 Å². The lowest BCUT2D eigenvalue weighted by molar-refractivity contribution is 0.551. The van der Waals surface area contributed by atoms with Crippen LogP contribution in [0.15, 0.2) is 6.20 Å². The molecule has 0 aromatic carbocycles. The molecule has 1 aliphatic heterocycles. The van der Waals surface area contributed by atoms with Gasteiger partial charge in [0.1, 0.15) is 0 Å². The lowest BCUT2D eigenvalue weighted by atomic mass is 9.89. The number of anilines is 1. The number of rotatable bonds is 1. The number of hydrogen-bond donors (Lipinski definition) is 1. The Morgan fingerprint density at radius 2 is 2.50 bits per heavy atom. The molecule has 1 saturated heterocycles. The predicted octanol–water partition coefficient (Wildman–Crippen LogP) is 2.12. The Labute approximate surface area is 80.6 Å². The lowest BCUT2D eigenvalue weighted by Crippen LogP contribution is -2.18. The summed E-state index contributed by atoms with van der Waals surface area (Å²) in [6, 6.07) is 0. The maximum atomic E-state index is 5.61. The molecular formula is C8H12N2S2. The van der Waals surface area contributed by atoms with E-state index in [1.807, 2.05) is 18.0 Å². The fourth-order valence-electron chi connectivity index (χ4n) is 1.43. The van der Waals surface area contributed by atoms with Gasteiger partial charge < -0.3 is 5.73 Å². The molecule has 2 N–H and O–H groups in total. The average molecular weight is 200 g/mol. The van der Waals surface area contributed by atoms with Crippen molar-refractivity contribution in [2.24, 2.45) is 0 Å². The standard InChI is InChI=1S/C8H12N2S2/c1-8(2-3-11-5-8)6-4-10-7(9)12-6/h4H,2-3,5H2,1H3,(H2,9,10). The van der Waals surface area contributed by atoms with Gasteiger partial charge in [-0.05, 0) is 12.2 Å². The van der Waals surface area contributed by atoms with Gasteiger partial charge in [0.05, 0.1) is 0 Å². The summed E-state index contributed by atoms with van der Waals surface area (Å²) >= 11 is 3.66. The van der Waals surface area contributed by atoms with E-state index in [0.29, 0.717) is 10.5 Å². The van der Waals surface area contributed by atoms with E-state index in [-0.39, 0.29) is 0 Å². The minimum Gasteiger partial charge on any atom is -0.375 e. The van der Waals surface area contributed by atoms with Gasteiger partial charge in [0.15, 0.2) is 5.13 Å². The van der Waals surface area contributed by atoms with Crippen molar-refractivity contribution in [3.8, 4) is 0 Å². The monoisotopic (exact) mass is 200 g/mol. The molecule has 2 rings (SSSR count). The number of thioether (sulfide) groups is 1. The van der Waals surface area contributed by atoms with Gasteiger partial charge in [-0.3, -0.25) is 0 Å². The molecule has 12 heavy (non-hydrogen) atoms. The molecule has 0 saturated carbocycles. The van der Waals surface area contributed by atoms with Gasteiger partial charge in [0, 0.05) is 22.2 Å². The molecule has 0 bridgehead atoms. The van der Waals surface area contributed by atoms with E-state index in [4.69, 9.17) is 5.73 Å². The van der Waals surface area contributed by atoms with E-state index in [9.17, 15) is 0 Å². The van der Waals surface area contributed by atoms with E-state index in [1.165, 1.54) is 22.8 Å². The van der Waals surface area contributed by atoms with E-state index in [1.54, 1.807) is 11.3 Å². The maximum Gasteiger partial charge on any atom is 0.180 e. The van der Waals surface area contributed by atoms with Crippen LogP contribution in [0.1, 0.15) is 18.2 Å². The minimum atomic E-state index is 0.347. The molecule has 0 radical (unpaired) electrons. The van der Waals surface area contributed by atoms with Crippen LogP contribution in [0.2, 0.25) is 0 Å². The van der Waals surface area contributed by atoms with Crippen molar-refractivity contribution >= 4 is 28.2 Å². The minimum absolute atomic E-state index is 0.347. The second-order valence-electron chi connectivity index (χ2n) is 3.43. The molecule has 0 spiro atoms. The topological polar surface area (TPSA) is 38.9 Å². The normalized spacial score (nSPS) is 29.4. The highest BCUT2D eigenvalue weighted by Crippen LogP contribution is 2.41. The zero-order valence-corrected chi connectivity index (χ0v) is 8.67. The predicted molar refractivity (Wildman–Crippen MR) is 55.8 cm³/mol. The molecule has 2 heterocycles. The molecule has 1 unspecified atom stereocenters. The third kappa shape index (κ3) is 1.33. The first kappa shape index (κ1) is 8.38. The molecule has 1 fully saturated rings. The maximum absolute atomic E-state index is 5.61. The van der Waals surface area contributed by atoms with Gasteiger partial charge in [-0.15, -0.1) is 11.3 Å². The summed E-state index contributed by atoms with van der Waals surface area (Å²) < 4.78 is 0. The van der Waals surface area contributed by atoms with Crippen molar-refractivity contribution < 1.29 is 0 Å². The Balaban J connectivity index is 2.28. The summed E-state index contributed by atoms with van der Waals surface area (Å²) in [7, 11) is 0. The molecule has 1 aliphatic rings. The second kappa shape index (κ2) is 2.92. The Kier molecular flexibility index (Phi) is 2.04. The van der Waals surface area contributed by atoms with Crippen molar-refractivity contribution in [2.75, 3.05) is 17.2 Å². The molecule has 4 heteroatoms. The van der Waals surface area contributed by atoms with Gasteiger partial charge >= 0.3 is 0 Å². The van der Waals surface area contributed by atoms with Crippen LogP contribution in [-0.2, 0) is 5.41 Å². The Bertz CT molecular complexity index is 276. The third-order valence-corrected chi connectivity index (χ3v) is 4.80. The molecule has 1 aromatic heterocycles. The third-order valence-electron chi connectivity index (χ3n) is 2.34. The van der Waals surface area contributed by atoms with E-state index < -0.39 is 0 Å². The summed E-state index contributed by atoms with van der Waals surface area (Å²) in [5.41, 5.74) is 5.95. The highest BCUT2D eigenvalue weighted by atomic mass is 32.2. The van der Waals surface area contributed by atoms with Crippen LogP contribution in [0.4, 0.5) is 5.13 Å². The Morgan fingerprint density at radius 3 is 3.00 bits per heavy atom. The number of hydrogen-bond acceptors (Lipinski definition) is 4. The van der Waals surface area contributed by atoms with Crippen molar-refractivity contribution in [1.82, 2.24) is 4.98 Å². The van der Waals surface area contributed by atoms with Crippen molar-refractivity contribution in [3.05, 3.63) is 11.1 Å². The van der Waals surface area contributed by atoms with Crippen LogP contribution in [-0.4, -0.2) is 16.5 Å². The number of thiazole rings is 1. The van der Waals surface area contributed by atoms with Crippen LogP contribution in [0.3, 0.4) is 0 Å². The number of nitrogens with two attached hydrogens (primary N) is 1. The number of nitrogen functional groups attached to an aromatic ring is 1. The SMILES string of the molecule is CC1(c2cnc(N)s2)CCSC1. The Morgan fingerprint density at radius 1 is 1.67 bits per heavy atom. The van der Waals surface area contributed by atoms with Crippen molar-refractivity contribution in [1.29, 1.82) is 0 Å². The zero-order valence-electron chi connectivity index (χ0n) is 7.04. The fraction of sp³-hybridized carbons (Fsp3) is 0.625. The summed E-state index contributed by atoms with van der Waals surface area (Å²) in [5, 5.41) is 0.697. The van der Waals surface area contributed by atoms with Crippen molar-refractivity contribution in [3.63, 3.8) is 0 Å². The molecule has 2 nitrogen and oxygen atoms in total. The highest BCUT2D eigenvalue weighted by molar-refractivity contribution is 7.99. The van der Waals surface area contributed by atoms with Crippen LogP contribution < -0.4 is 5.73 Å². The van der Waals surface area contributed by atoms with Crippen molar-refractivity contribution in [2.45, 2.75) is 18.8 Å². The Hall–Kier alpha value is -0.220. The van der Waals surface area contributed by atoms with Gasteiger partial charge in [-0.2, -0.15) is 11.8 Å². The zero-order chi connectivity index (χ0) is 8.60. The quantitative estimate of drug-likeness (QED) is 0.754. The lowest BCUT2D eigenvalue weighted by Gasteiger charge is -2.19. The summed E-state index contributed by atoms with van der Waals surface area (Å²) in [4.78, 5) is 5.45. The highest BCUT2D eigenvalue weighted by Gasteiger charge is 2.32. The van der Waals surface area contributed by atoms with Gasteiger partial charge in [0.25, 0.3) is 0 Å². The summed E-state index contributed by atoms with van der Waals surface area (Å²) in [6.45, 7) is 2.31. The van der Waals surface area contributed by atoms with E-state index >= 15 is 0 Å². The molecule has 1 atom stereocenters. The number of nitrogens with zero attached hydrogens (tertiary/aromatic N) is 1. The molecule has 66 valence electrons. The first-order valence-corrected chi connectivity index (χ1v) is 5.97. The van der Waals surface area contributed by atoms with Crippen LogP contribution in [0, 0.1) is 0 Å². The first-order chi connectivity index (χ1) is 5.71. The van der Waals surface area contributed by atoms with Crippen LogP contribution in [0.25, 0.3) is 0 Å². The average Bonchev–Trinajstić information content (AvgIpc) is 2.59. The molecule has 0 aliphatic carbocycles. The van der Waals surface area contributed by atoms with Gasteiger partial charge in [0.2, 0.25) is 0 Å². The van der Waals surface area contributed by atoms with Crippen LogP contribution in [0.5, 0.6) is 0 Å². The smallest absolute Gasteiger partial charge is 0.180 e. The molecule has 1 aromatic rings. The largest absolute Gasteiger partial charge is 0.375 e. The van der Waals surface area contributed by atoms with Gasteiger partial charge in [-0.1, -0.05) is 6.92 Å². The van der Waals surface area contributed by atoms with E-state index in [2.05, 4.69) is 11.9 Å². The number of aromatic nitrogens is 1. The fourth-order valence-corrected chi connectivity index (χ4v) is 3.87. The van der Waals surface area contributed by atoms with Gasteiger partial charge in [-0.25, -0.2) is 4.98 Å². The first-order valence-electron chi connectivity index (χ1n) is 4.00. The molecular weight excluding hydrogens is 188 g/mol. The van der Waals surface area contributed by atoms with Crippen LogP contribution >= 0.6 is 23.1 Å². The summed E-state index contributed by atoms with van der Waals surface area (Å²) in [6.07, 6.45) is 3.20. The second-order valence-corrected chi connectivity index (χ2v) is 5.59.